The molecule has 0 aromatic heterocycles. The largest absolute Gasteiger partial charge is 0.506 e. The molecule has 130 valence electrons. The van der Waals surface area contributed by atoms with Gasteiger partial charge >= 0.3 is 0 Å². The highest BCUT2D eigenvalue weighted by atomic mass is 32.2. The summed E-state index contributed by atoms with van der Waals surface area (Å²) in [5.74, 6) is -0.0765. The molecule has 0 bridgehead atoms. The van der Waals surface area contributed by atoms with Gasteiger partial charge in [0.1, 0.15) is 5.75 Å². The monoisotopic (exact) mass is 348 g/mol. The number of sulfonamides is 1. The number of benzene rings is 2. The summed E-state index contributed by atoms with van der Waals surface area (Å²) in [5, 5.41) is 13.1. The van der Waals surface area contributed by atoms with E-state index in [1.165, 1.54) is 22.8 Å². The van der Waals surface area contributed by atoms with Gasteiger partial charge < -0.3 is 10.4 Å². The maximum atomic E-state index is 11.3. The lowest BCUT2D eigenvalue weighted by atomic mass is 10.1. The minimum absolute atomic E-state index is 0.0765. The summed E-state index contributed by atoms with van der Waals surface area (Å²) in [6, 6.07) is 11.4. The van der Waals surface area contributed by atoms with Gasteiger partial charge in [-0.25, -0.2) is 8.42 Å². The number of hydrogen-bond donors (Lipinski definition) is 3. The highest BCUT2D eigenvalue weighted by Gasteiger charge is 2.08. The minimum atomic E-state index is -3.41. The molecule has 0 radical (unpaired) electrons. The number of nitrogens with one attached hydrogen (secondary N) is 2. The average Bonchev–Trinajstić information content (AvgIpc) is 2.44. The predicted octanol–water partition coefficient (Wildman–Crippen LogP) is 2.71. The first kappa shape index (κ1) is 18.3. The van der Waals surface area contributed by atoms with Crippen molar-refractivity contribution in [1.29, 1.82) is 0 Å². The van der Waals surface area contributed by atoms with Crippen LogP contribution in [-0.4, -0.2) is 26.3 Å². The zero-order valence-corrected chi connectivity index (χ0v) is 15.1. The fourth-order valence-corrected chi connectivity index (χ4v) is 3.22. The molecule has 0 saturated carbocycles. The SMILES string of the molecule is Cc1cc(C)cc(CNCCc2ccc(O)c(NS(C)(=O)=O)c2)c1. The Balaban J connectivity index is 1.91. The van der Waals surface area contributed by atoms with E-state index in [9.17, 15) is 13.5 Å². The van der Waals surface area contributed by atoms with Crippen LogP contribution in [-0.2, 0) is 23.0 Å². The van der Waals surface area contributed by atoms with Crippen LogP contribution in [0.15, 0.2) is 36.4 Å². The molecular formula is C18H24N2O3S. The Morgan fingerprint density at radius 3 is 2.29 bits per heavy atom. The van der Waals surface area contributed by atoms with Gasteiger partial charge in [0, 0.05) is 6.54 Å². The van der Waals surface area contributed by atoms with Crippen LogP contribution in [0, 0.1) is 13.8 Å². The van der Waals surface area contributed by atoms with Crippen molar-refractivity contribution in [2.24, 2.45) is 0 Å². The highest BCUT2D eigenvalue weighted by molar-refractivity contribution is 7.92. The first-order chi connectivity index (χ1) is 11.2. The number of aryl methyl sites for hydroxylation is 2. The zero-order chi connectivity index (χ0) is 17.7. The minimum Gasteiger partial charge on any atom is -0.506 e. The zero-order valence-electron chi connectivity index (χ0n) is 14.3. The molecule has 24 heavy (non-hydrogen) atoms. The number of aromatic hydroxyl groups is 1. The molecule has 0 aliphatic heterocycles. The Morgan fingerprint density at radius 1 is 1.00 bits per heavy atom. The molecule has 0 unspecified atom stereocenters. The van der Waals surface area contributed by atoms with Gasteiger partial charge in [0.25, 0.3) is 0 Å². The second-order valence-electron chi connectivity index (χ2n) is 6.15. The van der Waals surface area contributed by atoms with Crippen LogP contribution in [0.5, 0.6) is 5.75 Å². The molecule has 0 aliphatic rings. The molecule has 3 N–H and O–H groups in total. The first-order valence-electron chi connectivity index (χ1n) is 7.80. The van der Waals surface area contributed by atoms with Crippen LogP contribution >= 0.6 is 0 Å². The van der Waals surface area contributed by atoms with Crippen LogP contribution in [0.3, 0.4) is 0 Å². The second-order valence-corrected chi connectivity index (χ2v) is 7.90. The summed E-state index contributed by atoms with van der Waals surface area (Å²) in [5.41, 5.74) is 4.91. The molecule has 0 spiro atoms. The van der Waals surface area contributed by atoms with Crippen molar-refractivity contribution in [2.75, 3.05) is 17.5 Å². The van der Waals surface area contributed by atoms with E-state index < -0.39 is 10.0 Å². The molecule has 2 aromatic rings. The third kappa shape index (κ3) is 5.86. The lowest BCUT2D eigenvalue weighted by molar-refractivity contribution is 0.477. The summed E-state index contributed by atoms with van der Waals surface area (Å²) in [4.78, 5) is 0. The van der Waals surface area contributed by atoms with Crippen molar-refractivity contribution >= 4 is 15.7 Å². The molecule has 0 saturated heterocycles. The molecule has 0 fully saturated rings. The molecule has 0 atom stereocenters. The summed E-state index contributed by atoms with van der Waals surface area (Å²) in [6.45, 7) is 5.72. The molecule has 5 nitrogen and oxygen atoms in total. The van der Waals surface area contributed by atoms with Crippen LogP contribution in [0.2, 0.25) is 0 Å². The Morgan fingerprint density at radius 2 is 1.67 bits per heavy atom. The van der Waals surface area contributed by atoms with E-state index in [2.05, 4.69) is 42.1 Å². The molecule has 2 aromatic carbocycles. The first-order valence-corrected chi connectivity index (χ1v) is 9.70. The number of anilines is 1. The lowest BCUT2D eigenvalue weighted by Gasteiger charge is -2.10. The highest BCUT2D eigenvalue weighted by Crippen LogP contribution is 2.25. The van der Waals surface area contributed by atoms with Gasteiger partial charge in [-0.2, -0.15) is 0 Å². The van der Waals surface area contributed by atoms with E-state index in [1.54, 1.807) is 12.1 Å². The van der Waals surface area contributed by atoms with Crippen molar-refractivity contribution in [3.8, 4) is 5.75 Å². The molecule has 0 aliphatic carbocycles. The van der Waals surface area contributed by atoms with Crippen molar-refractivity contribution in [2.45, 2.75) is 26.8 Å². The second kappa shape index (κ2) is 7.68. The Hall–Kier alpha value is -2.05. The van der Waals surface area contributed by atoms with E-state index in [1.807, 2.05) is 0 Å². The molecule has 0 amide bonds. The maximum absolute atomic E-state index is 11.3. The van der Waals surface area contributed by atoms with E-state index in [-0.39, 0.29) is 11.4 Å². The Bertz CT molecular complexity index is 797. The molecule has 0 heterocycles. The predicted molar refractivity (Wildman–Crippen MR) is 97.9 cm³/mol. The van der Waals surface area contributed by atoms with E-state index in [0.717, 1.165) is 31.3 Å². The van der Waals surface area contributed by atoms with Crippen LogP contribution in [0.4, 0.5) is 5.69 Å². The van der Waals surface area contributed by atoms with Gasteiger partial charge in [-0.15, -0.1) is 0 Å². The summed E-state index contributed by atoms with van der Waals surface area (Å²) in [6.07, 6.45) is 1.80. The number of phenolic OH excluding ortho intramolecular Hbond substituents is 1. The third-order valence-electron chi connectivity index (χ3n) is 3.56. The van der Waals surface area contributed by atoms with Gasteiger partial charge in [0.2, 0.25) is 10.0 Å². The Kier molecular flexibility index (Phi) is 5.85. The average molecular weight is 348 g/mol. The van der Waals surface area contributed by atoms with Crippen LogP contribution in [0.25, 0.3) is 0 Å². The van der Waals surface area contributed by atoms with E-state index >= 15 is 0 Å². The maximum Gasteiger partial charge on any atom is 0.229 e. The fraction of sp³-hybridized carbons (Fsp3) is 0.333. The van der Waals surface area contributed by atoms with Gasteiger partial charge in [-0.05, 0) is 50.1 Å². The van der Waals surface area contributed by atoms with E-state index in [0.29, 0.717) is 0 Å². The topological polar surface area (TPSA) is 78.4 Å². The summed E-state index contributed by atoms with van der Waals surface area (Å²) < 4.78 is 24.9. The smallest absolute Gasteiger partial charge is 0.229 e. The van der Waals surface area contributed by atoms with Crippen LogP contribution in [0.1, 0.15) is 22.3 Å². The number of rotatable bonds is 7. The standard InChI is InChI=1S/C18H24N2O3S/c1-13-8-14(2)10-16(9-13)12-19-7-6-15-4-5-18(21)17(11-15)20-24(3,22)23/h4-5,8-11,19-21H,6-7,12H2,1-3H3. The van der Waals surface area contributed by atoms with Crippen LogP contribution < -0.4 is 10.0 Å². The number of phenols is 1. The summed E-state index contributed by atoms with van der Waals surface area (Å²) >= 11 is 0. The van der Waals surface area contributed by atoms with Gasteiger partial charge in [0.05, 0.1) is 11.9 Å². The fourth-order valence-electron chi connectivity index (χ4n) is 2.66. The number of hydrogen-bond acceptors (Lipinski definition) is 4. The normalized spacial score (nSPS) is 11.5. The van der Waals surface area contributed by atoms with Gasteiger partial charge in [-0.1, -0.05) is 35.4 Å². The van der Waals surface area contributed by atoms with Crippen molar-refractivity contribution < 1.29 is 13.5 Å². The van der Waals surface area contributed by atoms with Crippen molar-refractivity contribution in [3.63, 3.8) is 0 Å². The van der Waals surface area contributed by atoms with Gasteiger partial charge in [-0.3, -0.25) is 4.72 Å². The van der Waals surface area contributed by atoms with Gasteiger partial charge in [0.15, 0.2) is 0 Å². The van der Waals surface area contributed by atoms with Crippen molar-refractivity contribution in [3.05, 3.63) is 58.7 Å². The van der Waals surface area contributed by atoms with E-state index in [4.69, 9.17) is 0 Å². The molecule has 2 rings (SSSR count). The van der Waals surface area contributed by atoms with Crippen molar-refractivity contribution in [1.82, 2.24) is 5.32 Å². The summed E-state index contributed by atoms with van der Waals surface area (Å²) in [7, 11) is -3.41. The molecular weight excluding hydrogens is 324 g/mol. The Labute approximate surface area is 143 Å². The lowest BCUT2D eigenvalue weighted by Crippen LogP contribution is -2.17. The molecule has 6 heteroatoms. The quantitative estimate of drug-likeness (QED) is 0.531. The third-order valence-corrected chi connectivity index (χ3v) is 4.15.